The smallest absolute Gasteiger partial charge is 0.106 e. The van der Waals surface area contributed by atoms with Crippen LogP contribution in [0.4, 0.5) is 5.82 Å². The lowest BCUT2D eigenvalue weighted by atomic mass is 9.61. The minimum Gasteiger partial charge on any atom is -0.357 e. The maximum absolute atomic E-state index is 3.40. The zero-order valence-corrected chi connectivity index (χ0v) is 9.51. The van der Waals surface area contributed by atoms with Crippen LogP contribution in [-0.2, 0) is 0 Å². The van der Waals surface area contributed by atoms with Crippen LogP contribution in [0.3, 0.4) is 0 Å². The van der Waals surface area contributed by atoms with Crippen molar-refractivity contribution in [3.8, 4) is 0 Å². The van der Waals surface area contributed by atoms with E-state index in [9.17, 15) is 0 Å². The van der Waals surface area contributed by atoms with Gasteiger partial charge in [0.25, 0.3) is 0 Å². The highest BCUT2D eigenvalue weighted by Gasteiger charge is 2.52. The van der Waals surface area contributed by atoms with Crippen molar-refractivity contribution in [2.45, 2.75) is 25.8 Å². The van der Waals surface area contributed by atoms with Gasteiger partial charge in [-0.05, 0) is 38.9 Å². The molecule has 1 saturated heterocycles. The van der Waals surface area contributed by atoms with E-state index in [0.717, 1.165) is 6.04 Å². The summed E-state index contributed by atoms with van der Waals surface area (Å²) in [6, 6.07) is 5.12. The first-order valence-electron chi connectivity index (χ1n) is 5.79. The molecule has 1 aromatic heterocycles. The Bertz CT molecular complexity index is 355. The van der Waals surface area contributed by atoms with Crippen molar-refractivity contribution in [3.05, 3.63) is 17.8 Å². The van der Waals surface area contributed by atoms with Gasteiger partial charge in [0, 0.05) is 30.2 Å². The number of hydrogen-bond donors (Lipinski definition) is 2. The molecular weight excluding hydrogens is 186 g/mol. The molecule has 1 aromatic rings. The molecule has 2 fully saturated rings. The van der Waals surface area contributed by atoms with Crippen LogP contribution in [0.2, 0.25) is 0 Å². The highest BCUT2D eigenvalue weighted by Crippen LogP contribution is 2.49. The maximum Gasteiger partial charge on any atom is 0.106 e. The Kier molecular flexibility index (Phi) is 1.87. The SMILES string of the molecule is CNC1CC2(C1)CN(c1ccc(C)[nH]1)C2. The van der Waals surface area contributed by atoms with E-state index in [-0.39, 0.29) is 0 Å². The van der Waals surface area contributed by atoms with Gasteiger partial charge in [0.1, 0.15) is 5.82 Å². The number of aromatic amines is 1. The van der Waals surface area contributed by atoms with E-state index in [2.05, 4.69) is 41.3 Å². The summed E-state index contributed by atoms with van der Waals surface area (Å²) in [6.45, 7) is 4.59. The fraction of sp³-hybridized carbons (Fsp3) is 0.667. The third-order valence-electron chi connectivity index (χ3n) is 3.98. The molecule has 1 aliphatic carbocycles. The van der Waals surface area contributed by atoms with Crippen LogP contribution in [0, 0.1) is 12.3 Å². The second kappa shape index (κ2) is 3.01. The van der Waals surface area contributed by atoms with Crippen LogP contribution in [0.5, 0.6) is 0 Å². The fourth-order valence-corrected chi connectivity index (χ4v) is 3.06. The molecule has 1 aliphatic heterocycles. The highest BCUT2D eigenvalue weighted by atomic mass is 15.3. The van der Waals surface area contributed by atoms with E-state index in [1.165, 1.54) is 37.4 Å². The summed E-state index contributed by atoms with van der Waals surface area (Å²) < 4.78 is 0. The zero-order chi connectivity index (χ0) is 10.5. The molecular formula is C12H19N3. The van der Waals surface area contributed by atoms with E-state index < -0.39 is 0 Å². The first-order chi connectivity index (χ1) is 7.21. The topological polar surface area (TPSA) is 31.1 Å². The summed E-state index contributed by atoms with van der Waals surface area (Å²) in [5.41, 5.74) is 1.90. The second-order valence-corrected chi connectivity index (χ2v) is 5.28. The molecule has 0 radical (unpaired) electrons. The Morgan fingerprint density at radius 2 is 2.13 bits per heavy atom. The molecule has 2 aliphatic rings. The quantitative estimate of drug-likeness (QED) is 0.767. The van der Waals surface area contributed by atoms with Crippen molar-refractivity contribution >= 4 is 5.82 Å². The molecule has 1 saturated carbocycles. The van der Waals surface area contributed by atoms with Crippen LogP contribution >= 0.6 is 0 Å². The third kappa shape index (κ3) is 1.37. The Morgan fingerprint density at radius 1 is 1.40 bits per heavy atom. The molecule has 82 valence electrons. The van der Waals surface area contributed by atoms with Gasteiger partial charge in [-0.25, -0.2) is 0 Å². The maximum atomic E-state index is 3.40. The van der Waals surface area contributed by atoms with E-state index in [1.54, 1.807) is 0 Å². The van der Waals surface area contributed by atoms with Crippen molar-refractivity contribution in [2.24, 2.45) is 5.41 Å². The van der Waals surface area contributed by atoms with E-state index in [1.807, 2.05) is 0 Å². The number of aromatic nitrogens is 1. The van der Waals surface area contributed by atoms with E-state index in [0.29, 0.717) is 5.41 Å². The molecule has 2 heterocycles. The van der Waals surface area contributed by atoms with Crippen molar-refractivity contribution in [2.75, 3.05) is 25.0 Å². The number of anilines is 1. The van der Waals surface area contributed by atoms with Crippen molar-refractivity contribution in [1.29, 1.82) is 0 Å². The standard InChI is InChI=1S/C12H19N3/c1-9-3-4-11(14-9)15-7-12(8-15)5-10(6-12)13-2/h3-4,10,13-14H,5-8H2,1-2H3. The molecule has 3 nitrogen and oxygen atoms in total. The summed E-state index contributed by atoms with van der Waals surface area (Å²) in [5, 5.41) is 3.36. The monoisotopic (exact) mass is 205 g/mol. The summed E-state index contributed by atoms with van der Waals surface area (Å²) >= 11 is 0. The minimum absolute atomic E-state index is 0.646. The lowest BCUT2D eigenvalue weighted by Gasteiger charge is -2.59. The van der Waals surface area contributed by atoms with E-state index in [4.69, 9.17) is 0 Å². The van der Waals surface area contributed by atoms with Gasteiger partial charge in [-0.1, -0.05) is 0 Å². The summed E-state index contributed by atoms with van der Waals surface area (Å²) in [7, 11) is 2.07. The Morgan fingerprint density at radius 3 is 2.67 bits per heavy atom. The number of hydrogen-bond acceptors (Lipinski definition) is 2. The van der Waals surface area contributed by atoms with E-state index >= 15 is 0 Å². The summed E-state index contributed by atoms with van der Waals surface area (Å²) in [6.07, 6.45) is 2.72. The van der Waals surface area contributed by atoms with Gasteiger partial charge >= 0.3 is 0 Å². The molecule has 0 atom stereocenters. The minimum atomic E-state index is 0.646. The average Bonchev–Trinajstić information content (AvgIpc) is 2.47. The molecule has 15 heavy (non-hydrogen) atoms. The number of nitrogens with one attached hydrogen (secondary N) is 2. The highest BCUT2D eigenvalue weighted by molar-refractivity contribution is 5.45. The third-order valence-corrected chi connectivity index (χ3v) is 3.98. The molecule has 1 spiro atoms. The van der Waals surface area contributed by atoms with Gasteiger partial charge < -0.3 is 15.2 Å². The Labute approximate surface area is 90.9 Å². The number of rotatable bonds is 2. The molecule has 3 heteroatoms. The van der Waals surface area contributed by atoms with Crippen LogP contribution in [0.15, 0.2) is 12.1 Å². The average molecular weight is 205 g/mol. The van der Waals surface area contributed by atoms with Gasteiger partial charge in [-0.3, -0.25) is 0 Å². The van der Waals surface area contributed by atoms with Crippen LogP contribution in [-0.4, -0.2) is 31.2 Å². The van der Waals surface area contributed by atoms with Gasteiger partial charge in [0.05, 0.1) is 0 Å². The lowest BCUT2D eigenvalue weighted by Crippen LogP contribution is -2.66. The van der Waals surface area contributed by atoms with Crippen LogP contribution in [0.25, 0.3) is 0 Å². The van der Waals surface area contributed by atoms with Crippen molar-refractivity contribution in [3.63, 3.8) is 0 Å². The predicted octanol–water partition coefficient (Wildman–Crippen LogP) is 1.51. The Hall–Kier alpha value is -0.960. The molecule has 2 N–H and O–H groups in total. The Balaban J connectivity index is 1.59. The fourth-order valence-electron chi connectivity index (χ4n) is 3.06. The van der Waals surface area contributed by atoms with Crippen LogP contribution < -0.4 is 10.2 Å². The molecule has 0 aromatic carbocycles. The van der Waals surface area contributed by atoms with Gasteiger partial charge in [0.15, 0.2) is 0 Å². The number of H-pyrrole nitrogens is 1. The van der Waals surface area contributed by atoms with Crippen molar-refractivity contribution < 1.29 is 0 Å². The molecule has 3 rings (SSSR count). The first-order valence-corrected chi connectivity index (χ1v) is 5.79. The number of nitrogens with zero attached hydrogens (tertiary/aromatic N) is 1. The first kappa shape index (κ1) is 9.28. The second-order valence-electron chi connectivity index (χ2n) is 5.28. The predicted molar refractivity (Wildman–Crippen MR) is 62.3 cm³/mol. The normalized spacial score (nSPS) is 24.0. The molecule has 0 amide bonds. The van der Waals surface area contributed by atoms with Gasteiger partial charge in [0.2, 0.25) is 0 Å². The molecule has 0 unspecified atom stereocenters. The molecule has 0 bridgehead atoms. The summed E-state index contributed by atoms with van der Waals surface area (Å²) in [5.74, 6) is 1.30. The van der Waals surface area contributed by atoms with Gasteiger partial charge in [-0.15, -0.1) is 0 Å². The lowest BCUT2D eigenvalue weighted by molar-refractivity contribution is 0.0516. The van der Waals surface area contributed by atoms with Crippen molar-refractivity contribution in [1.82, 2.24) is 10.3 Å². The largest absolute Gasteiger partial charge is 0.357 e. The zero-order valence-electron chi connectivity index (χ0n) is 9.51. The van der Waals surface area contributed by atoms with Crippen LogP contribution in [0.1, 0.15) is 18.5 Å². The van der Waals surface area contributed by atoms with Gasteiger partial charge in [-0.2, -0.15) is 0 Å². The summed E-state index contributed by atoms with van der Waals surface area (Å²) in [4.78, 5) is 5.86. The number of aryl methyl sites for hydroxylation is 1.